The van der Waals surface area contributed by atoms with E-state index in [1.807, 2.05) is 18.5 Å². The van der Waals surface area contributed by atoms with Gasteiger partial charge < -0.3 is 10.2 Å². The molecular weight excluding hydrogens is 218 g/mol. The lowest BCUT2D eigenvalue weighted by atomic mass is 10.1. The van der Waals surface area contributed by atoms with Gasteiger partial charge in [-0.1, -0.05) is 0 Å². The van der Waals surface area contributed by atoms with E-state index in [1.54, 1.807) is 0 Å². The number of rotatable bonds is 4. The summed E-state index contributed by atoms with van der Waals surface area (Å²) < 4.78 is 0. The Kier molecular flexibility index (Phi) is 3.93. The van der Waals surface area contributed by atoms with Crippen molar-refractivity contribution < 1.29 is 0 Å². The van der Waals surface area contributed by atoms with Gasteiger partial charge in [-0.25, -0.2) is 0 Å². The topological polar surface area (TPSA) is 28.2 Å². The number of hydrogen-bond acceptors (Lipinski definition) is 4. The molecule has 0 bridgehead atoms. The van der Waals surface area contributed by atoms with Crippen molar-refractivity contribution in [2.24, 2.45) is 5.92 Å². The Hall–Kier alpha value is -0.900. The Morgan fingerprint density at radius 2 is 2.44 bits per heavy atom. The average Bonchev–Trinajstić information content (AvgIpc) is 2.79. The van der Waals surface area contributed by atoms with E-state index in [0.29, 0.717) is 0 Å². The first kappa shape index (κ1) is 11.6. The van der Waals surface area contributed by atoms with Crippen LogP contribution in [0.4, 0.5) is 11.4 Å². The molecule has 1 saturated heterocycles. The normalized spacial score (nSPS) is 19.8. The molecule has 4 heteroatoms. The molecule has 1 aliphatic rings. The fourth-order valence-electron chi connectivity index (χ4n) is 1.91. The van der Waals surface area contributed by atoms with Gasteiger partial charge in [0.25, 0.3) is 0 Å². The highest BCUT2D eigenvalue weighted by atomic mass is 32.2. The number of pyridine rings is 1. The standard InChI is InChI=1S/C12H19N3S/c1-15(2)12-3-5-13-8-11(12)14-7-10-4-6-16-9-10/h3,5,8,10,14H,4,6-7,9H2,1-2H3. The molecular formula is C12H19N3S. The molecule has 0 spiro atoms. The van der Waals surface area contributed by atoms with Crippen molar-refractivity contribution in [1.82, 2.24) is 4.98 Å². The minimum atomic E-state index is 0.820. The second-order valence-electron chi connectivity index (χ2n) is 4.40. The van der Waals surface area contributed by atoms with Gasteiger partial charge in [0.1, 0.15) is 0 Å². The summed E-state index contributed by atoms with van der Waals surface area (Å²) in [6, 6.07) is 2.05. The van der Waals surface area contributed by atoms with Crippen LogP contribution in [0.25, 0.3) is 0 Å². The number of hydrogen-bond donors (Lipinski definition) is 1. The van der Waals surface area contributed by atoms with Gasteiger partial charge in [0.2, 0.25) is 0 Å². The van der Waals surface area contributed by atoms with E-state index >= 15 is 0 Å². The predicted octanol–water partition coefficient (Wildman–Crippen LogP) is 2.31. The number of anilines is 2. The molecule has 1 unspecified atom stereocenters. The zero-order valence-electron chi connectivity index (χ0n) is 9.94. The molecule has 1 fully saturated rings. The summed E-state index contributed by atoms with van der Waals surface area (Å²) in [6.45, 7) is 1.07. The largest absolute Gasteiger partial charge is 0.382 e. The molecule has 1 aromatic rings. The SMILES string of the molecule is CN(C)c1ccncc1NCC1CCSC1. The van der Waals surface area contributed by atoms with Crippen LogP contribution >= 0.6 is 11.8 Å². The van der Waals surface area contributed by atoms with Gasteiger partial charge in [-0.15, -0.1) is 0 Å². The number of aromatic nitrogens is 1. The minimum absolute atomic E-state index is 0.820. The van der Waals surface area contributed by atoms with Gasteiger partial charge in [-0.3, -0.25) is 4.98 Å². The Bertz CT molecular complexity index is 335. The second-order valence-corrected chi connectivity index (χ2v) is 5.55. The van der Waals surface area contributed by atoms with E-state index in [-0.39, 0.29) is 0 Å². The molecule has 0 aliphatic carbocycles. The minimum Gasteiger partial charge on any atom is -0.382 e. The summed E-state index contributed by atoms with van der Waals surface area (Å²) in [5, 5.41) is 3.52. The van der Waals surface area contributed by atoms with Gasteiger partial charge in [0.05, 0.1) is 17.6 Å². The van der Waals surface area contributed by atoms with Crippen molar-refractivity contribution in [3.05, 3.63) is 18.5 Å². The zero-order chi connectivity index (χ0) is 11.4. The monoisotopic (exact) mass is 237 g/mol. The first-order valence-electron chi connectivity index (χ1n) is 5.70. The van der Waals surface area contributed by atoms with Crippen LogP contribution < -0.4 is 10.2 Å². The van der Waals surface area contributed by atoms with E-state index in [4.69, 9.17) is 0 Å². The predicted molar refractivity (Wildman–Crippen MR) is 72.5 cm³/mol. The highest BCUT2D eigenvalue weighted by Crippen LogP contribution is 2.26. The molecule has 1 atom stereocenters. The van der Waals surface area contributed by atoms with E-state index < -0.39 is 0 Å². The first-order chi connectivity index (χ1) is 7.77. The molecule has 0 radical (unpaired) electrons. The van der Waals surface area contributed by atoms with Crippen LogP contribution in [0.1, 0.15) is 6.42 Å². The number of nitrogens with zero attached hydrogens (tertiary/aromatic N) is 2. The Morgan fingerprint density at radius 3 is 3.12 bits per heavy atom. The second kappa shape index (κ2) is 5.43. The number of thioether (sulfide) groups is 1. The molecule has 16 heavy (non-hydrogen) atoms. The van der Waals surface area contributed by atoms with Crippen LogP contribution in [0.15, 0.2) is 18.5 Å². The van der Waals surface area contributed by atoms with E-state index in [1.165, 1.54) is 23.6 Å². The number of nitrogens with one attached hydrogen (secondary N) is 1. The lowest BCUT2D eigenvalue weighted by Crippen LogP contribution is -2.17. The molecule has 1 N–H and O–H groups in total. The third-order valence-electron chi connectivity index (χ3n) is 2.89. The third kappa shape index (κ3) is 2.82. The molecule has 0 saturated carbocycles. The van der Waals surface area contributed by atoms with Crippen LogP contribution in [0.5, 0.6) is 0 Å². The maximum Gasteiger partial charge on any atom is 0.0764 e. The quantitative estimate of drug-likeness (QED) is 0.870. The maximum atomic E-state index is 4.18. The Labute approximate surface area is 102 Å². The van der Waals surface area contributed by atoms with Crippen molar-refractivity contribution in [2.45, 2.75) is 6.42 Å². The van der Waals surface area contributed by atoms with Crippen molar-refractivity contribution in [1.29, 1.82) is 0 Å². The van der Waals surface area contributed by atoms with Gasteiger partial charge in [-0.2, -0.15) is 11.8 Å². The van der Waals surface area contributed by atoms with Crippen molar-refractivity contribution in [2.75, 3.05) is 42.4 Å². The summed E-state index contributed by atoms with van der Waals surface area (Å²) in [5.74, 6) is 3.44. The summed E-state index contributed by atoms with van der Waals surface area (Å²) in [6.07, 6.45) is 5.10. The highest BCUT2D eigenvalue weighted by molar-refractivity contribution is 7.99. The van der Waals surface area contributed by atoms with Crippen LogP contribution in [0, 0.1) is 5.92 Å². The molecule has 3 nitrogen and oxygen atoms in total. The van der Waals surface area contributed by atoms with Gasteiger partial charge in [0, 0.05) is 26.8 Å². The first-order valence-corrected chi connectivity index (χ1v) is 6.86. The molecule has 0 amide bonds. The van der Waals surface area contributed by atoms with Crippen molar-refractivity contribution >= 4 is 23.1 Å². The molecule has 1 aromatic heterocycles. The highest BCUT2D eigenvalue weighted by Gasteiger charge is 2.15. The van der Waals surface area contributed by atoms with Crippen LogP contribution in [0.3, 0.4) is 0 Å². The summed E-state index contributed by atoms with van der Waals surface area (Å²) in [7, 11) is 4.12. The lowest BCUT2D eigenvalue weighted by Gasteiger charge is -2.19. The van der Waals surface area contributed by atoms with Gasteiger partial charge in [-0.05, 0) is 29.9 Å². The fraction of sp³-hybridized carbons (Fsp3) is 0.583. The maximum absolute atomic E-state index is 4.18. The third-order valence-corrected chi connectivity index (χ3v) is 4.12. The van der Waals surface area contributed by atoms with E-state index in [0.717, 1.165) is 18.2 Å². The van der Waals surface area contributed by atoms with Crippen molar-refractivity contribution in [3.63, 3.8) is 0 Å². The molecule has 2 heterocycles. The molecule has 1 aliphatic heterocycles. The summed E-state index contributed by atoms with van der Waals surface area (Å²) in [5.41, 5.74) is 2.35. The fourth-order valence-corrected chi connectivity index (χ4v) is 3.20. The molecule has 2 rings (SSSR count). The smallest absolute Gasteiger partial charge is 0.0764 e. The lowest BCUT2D eigenvalue weighted by molar-refractivity contribution is 0.631. The van der Waals surface area contributed by atoms with E-state index in [9.17, 15) is 0 Å². The van der Waals surface area contributed by atoms with Crippen LogP contribution in [0.2, 0.25) is 0 Å². The van der Waals surface area contributed by atoms with Gasteiger partial charge >= 0.3 is 0 Å². The molecule has 88 valence electrons. The zero-order valence-corrected chi connectivity index (χ0v) is 10.8. The van der Waals surface area contributed by atoms with Crippen LogP contribution in [-0.4, -0.2) is 37.1 Å². The Balaban J connectivity index is 1.97. The van der Waals surface area contributed by atoms with Crippen LogP contribution in [-0.2, 0) is 0 Å². The summed E-state index contributed by atoms with van der Waals surface area (Å²) >= 11 is 2.06. The van der Waals surface area contributed by atoms with Crippen molar-refractivity contribution in [3.8, 4) is 0 Å². The van der Waals surface area contributed by atoms with Gasteiger partial charge in [0.15, 0.2) is 0 Å². The molecule has 0 aromatic carbocycles. The Morgan fingerprint density at radius 1 is 1.56 bits per heavy atom. The summed E-state index contributed by atoms with van der Waals surface area (Å²) in [4.78, 5) is 6.30. The average molecular weight is 237 g/mol. The van der Waals surface area contributed by atoms with E-state index in [2.05, 4.69) is 41.1 Å².